The second-order valence-electron chi connectivity index (χ2n) is 3.53. The quantitative estimate of drug-likeness (QED) is 0.873. The van der Waals surface area contributed by atoms with E-state index in [1.54, 1.807) is 0 Å². The Bertz CT molecular complexity index is 543. The fourth-order valence-electron chi connectivity index (χ4n) is 1.44. The maximum atomic E-state index is 8.89. The molecule has 92 valence electrons. The maximum absolute atomic E-state index is 8.89. The van der Waals surface area contributed by atoms with Crippen LogP contribution in [0.3, 0.4) is 0 Å². The van der Waals surface area contributed by atoms with Crippen molar-refractivity contribution in [2.24, 2.45) is 0 Å². The summed E-state index contributed by atoms with van der Waals surface area (Å²) in [5.74, 6) is 1.51. The highest BCUT2D eigenvalue weighted by Gasteiger charge is 2.12. The molecule has 0 amide bonds. The number of para-hydroxylation sites is 1. The Morgan fingerprint density at radius 1 is 1.39 bits per heavy atom. The van der Waals surface area contributed by atoms with Crippen LogP contribution in [-0.4, -0.2) is 11.5 Å². The van der Waals surface area contributed by atoms with E-state index in [1.807, 2.05) is 43.3 Å². The van der Waals surface area contributed by atoms with E-state index in [0.29, 0.717) is 18.3 Å². The molecule has 1 aromatic heterocycles. The third-order valence-corrected chi connectivity index (χ3v) is 2.22. The molecule has 1 N–H and O–H groups in total. The minimum absolute atomic E-state index is 0.198. The zero-order valence-electron chi connectivity index (χ0n) is 10.0. The highest BCUT2D eigenvalue weighted by molar-refractivity contribution is 5.45. The van der Waals surface area contributed by atoms with Gasteiger partial charge >= 0.3 is 0 Å². The molecule has 1 heterocycles. The van der Waals surface area contributed by atoms with Gasteiger partial charge in [0.2, 0.25) is 17.5 Å². The van der Waals surface area contributed by atoms with Crippen LogP contribution in [0.1, 0.15) is 18.5 Å². The van der Waals surface area contributed by atoms with Crippen LogP contribution in [0.5, 0.6) is 5.75 Å². The van der Waals surface area contributed by atoms with Gasteiger partial charge in [-0.15, -0.1) is 0 Å². The van der Waals surface area contributed by atoms with Crippen LogP contribution in [0.2, 0.25) is 0 Å². The van der Waals surface area contributed by atoms with Gasteiger partial charge < -0.3 is 14.5 Å². The number of oxazole rings is 1. The van der Waals surface area contributed by atoms with Crippen molar-refractivity contribution in [1.29, 1.82) is 5.26 Å². The molecule has 18 heavy (non-hydrogen) atoms. The molecule has 2 rings (SSSR count). The fourth-order valence-corrected chi connectivity index (χ4v) is 1.44. The smallest absolute Gasteiger partial charge is 0.236 e. The number of nitrogens with zero attached hydrogens (tertiary/aromatic N) is 2. The normalized spacial score (nSPS) is 9.78. The number of benzene rings is 1. The number of hydrogen-bond acceptors (Lipinski definition) is 5. The van der Waals surface area contributed by atoms with Gasteiger partial charge in [-0.3, -0.25) is 0 Å². The summed E-state index contributed by atoms with van der Waals surface area (Å²) < 4.78 is 10.9. The van der Waals surface area contributed by atoms with Crippen LogP contribution < -0.4 is 10.1 Å². The molecule has 0 saturated carbocycles. The van der Waals surface area contributed by atoms with E-state index < -0.39 is 0 Å². The van der Waals surface area contributed by atoms with Gasteiger partial charge in [0, 0.05) is 6.54 Å². The first-order chi connectivity index (χ1) is 8.83. The van der Waals surface area contributed by atoms with Crippen molar-refractivity contribution in [3.05, 3.63) is 41.9 Å². The second-order valence-corrected chi connectivity index (χ2v) is 3.53. The first-order valence-corrected chi connectivity index (χ1v) is 5.65. The summed E-state index contributed by atoms with van der Waals surface area (Å²) in [7, 11) is 0. The molecule has 0 bridgehead atoms. The van der Waals surface area contributed by atoms with E-state index in [9.17, 15) is 0 Å². The summed E-state index contributed by atoms with van der Waals surface area (Å²) in [5.41, 5.74) is 0.253. The van der Waals surface area contributed by atoms with Gasteiger partial charge in [0.1, 0.15) is 11.8 Å². The fraction of sp³-hybridized carbons (Fsp3) is 0.231. The van der Waals surface area contributed by atoms with Crippen molar-refractivity contribution in [3.63, 3.8) is 0 Å². The molecule has 0 aliphatic heterocycles. The van der Waals surface area contributed by atoms with E-state index in [1.165, 1.54) is 0 Å². The van der Waals surface area contributed by atoms with Crippen molar-refractivity contribution < 1.29 is 9.15 Å². The van der Waals surface area contributed by atoms with E-state index in [0.717, 1.165) is 5.75 Å². The van der Waals surface area contributed by atoms with Crippen LogP contribution in [0.4, 0.5) is 5.88 Å². The Hall–Kier alpha value is -2.48. The second kappa shape index (κ2) is 5.73. The van der Waals surface area contributed by atoms with Crippen molar-refractivity contribution in [2.75, 3.05) is 11.9 Å². The van der Waals surface area contributed by atoms with Gasteiger partial charge in [0.05, 0.1) is 0 Å². The molecule has 0 atom stereocenters. The Balaban J connectivity index is 2.04. The Morgan fingerprint density at radius 3 is 2.83 bits per heavy atom. The van der Waals surface area contributed by atoms with Crippen LogP contribution in [0.25, 0.3) is 0 Å². The first kappa shape index (κ1) is 12.0. The van der Waals surface area contributed by atoms with Gasteiger partial charge in [0.15, 0.2) is 6.61 Å². The molecule has 0 unspecified atom stereocenters. The maximum Gasteiger partial charge on any atom is 0.236 e. The van der Waals surface area contributed by atoms with Crippen molar-refractivity contribution in [2.45, 2.75) is 13.5 Å². The monoisotopic (exact) mass is 243 g/mol. The number of hydrogen-bond donors (Lipinski definition) is 1. The molecule has 1 aromatic carbocycles. The molecule has 5 nitrogen and oxygen atoms in total. The number of aromatic nitrogens is 1. The number of ether oxygens (including phenoxy) is 1. The van der Waals surface area contributed by atoms with Crippen molar-refractivity contribution in [3.8, 4) is 11.8 Å². The molecular formula is C13H13N3O2. The summed E-state index contributed by atoms with van der Waals surface area (Å²) >= 11 is 0. The molecule has 0 aliphatic carbocycles. The lowest BCUT2D eigenvalue weighted by molar-refractivity contribution is 0.265. The third kappa shape index (κ3) is 2.80. The standard InChI is InChI=1S/C13H13N3O2/c1-2-15-13-11(8-14)16-12(18-13)9-17-10-6-4-3-5-7-10/h3-7,15H,2,9H2,1H3. The molecule has 0 spiro atoms. The van der Waals surface area contributed by atoms with Crippen molar-refractivity contribution >= 4 is 5.88 Å². The van der Waals surface area contributed by atoms with Gasteiger partial charge in [-0.1, -0.05) is 18.2 Å². The Morgan fingerprint density at radius 2 is 2.17 bits per heavy atom. The molecule has 0 radical (unpaired) electrons. The highest BCUT2D eigenvalue weighted by Crippen LogP contribution is 2.18. The lowest BCUT2D eigenvalue weighted by Gasteiger charge is -2.02. The Kier molecular flexibility index (Phi) is 3.82. The molecule has 5 heteroatoms. The summed E-state index contributed by atoms with van der Waals surface area (Å²) in [6.45, 7) is 2.79. The number of rotatable bonds is 5. The van der Waals surface area contributed by atoms with Crippen LogP contribution in [0.15, 0.2) is 34.7 Å². The number of anilines is 1. The lowest BCUT2D eigenvalue weighted by Crippen LogP contribution is -1.96. The minimum atomic E-state index is 0.198. The predicted molar refractivity (Wildman–Crippen MR) is 66.2 cm³/mol. The largest absolute Gasteiger partial charge is 0.484 e. The zero-order chi connectivity index (χ0) is 12.8. The van der Waals surface area contributed by atoms with Crippen LogP contribution in [0, 0.1) is 11.3 Å². The van der Waals surface area contributed by atoms with Crippen LogP contribution in [-0.2, 0) is 6.61 Å². The molecular weight excluding hydrogens is 230 g/mol. The predicted octanol–water partition coefficient (Wildman–Crippen LogP) is 2.56. The molecule has 0 aliphatic rings. The molecule has 0 saturated heterocycles. The minimum Gasteiger partial charge on any atom is -0.484 e. The summed E-state index contributed by atoms with van der Waals surface area (Å²) in [5, 5.41) is 11.8. The average Bonchev–Trinajstić information content (AvgIpc) is 2.80. The van der Waals surface area contributed by atoms with Gasteiger partial charge in [-0.25, -0.2) is 0 Å². The molecule has 2 aromatic rings. The topological polar surface area (TPSA) is 71.1 Å². The van der Waals surface area contributed by atoms with Gasteiger partial charge in [0.25, 0.3) is 0 Å². The van der Waals surface area contributed by atoms with Gasteiger partial charge in [-0.2, -0.15) is 10.2 Å². The average molecular weight is 243 g/mol. The number of nitrogens with one attached hydrogen (secondary N) is 1. The summed E-state index contributed by atoms with van der Waals surface area (Å²) in [6.07, 6.45) is 0. The van der Waals surface area contributed by atoms with Gasteiger partial charge in [-0.05, 0) is 19.1 Å². The first-order valence-electron chi connectivity index (χ1n) is 5.65. The van der Waals surface area contributed by atoms with Crippen molar-refractivity contribution in [1.82, 2.24) is 4.98 Å². The highest BCUT2D eigenvalue weighted by atomic mass is 16.5. The van der Waals surface area contributed by atoms with E-state index >= 15 is 0 Å². The van der Waals surface area contributed by atoms with E-state index in [4.69, 9.17) is 14.4 Å². The summed E-state index contributed by atoms with van der Waals surface area (Å²) in [6, 6.07) is 11.4. The third-order valence-electron chi connectivity index (χ3n) is 2.22. The van der Waals surface area contributed by atoms with E-state index in [2.05, 4.69) is 10.3 Å². The molecule has 0 fully saturated rings. The van der Waals surface area contributed by atoms with E-state index in [-0.39, 0.29) is 12.3 Å². The zero-order valence-corrected chi connectivity index (χ0v) is 10.0. The lowest BCUT2D eigenvalue weighted by atomic mass is 10.3. The van der Waals surface area contributed by atoms with Crippen LogP contribution >= 0.6 is 0 Å². The Labute approximate surface area is 105 Å². The summed E-state index contributed by atoms with van der Waals surface area (Å²) in [4.78, 5) is 4.05. The SMILES string of the molecule is CCNc1oc(COc2ccccc2)nc1C#N. The number of nitriles is 1.